The summed E-state index contributed by atoms with van der Waals surface area (Å²) in [4.78, 5) is 13.8. The van der Waals surface area contributed by atoms with E-state index >= 15 is 0 Å². The Hall–Kier alpha value is -3.62. The molecule has 0 aliphatic rings. The Labute approximate surface area is 192 Å². The summed E-state index contributed by atoms with van der Waals surface area (Å²) >= 11 is 7.98. The Bertz CT molecular complexity index is 1430. The summed E-state index contributed by atoms with van der Waals surface area (Å²) in [7, 11) is 0. The Morgan fingerprint density at radius 2 is 1.81 bits per heavy atom. The molecule has 9 heteroatoms. The molecule has 3 aromatic carbocycles. The second-order valence-corrected chi connectivity index (χ2v) is 8.40. The van der Waals surface area contributed by atoms with Gasteiger partial charge in [0.05, 0.1) is 15.5 Å². The molecule has 0 saturated carbocycles. The lowest BCUT2D eigenvalue weighted by Crippen LogP contribution is -2.00. The molecule has 7 nitrogen and oxygen atoms in total. The van der Waals surface area contributed by atoms with Crippen LogP contribution in [0.25, 0.3) is 28.0 Å². The number of hydrogen-bond donors (Lipinski definition) is 1. The quantitative estimate of drug-likeness (QED) is 0.183. The first-order chi connectivity index (χ1) is 15.6. The van der Waals surface area contributed by atoms with Crippen LogP contribution in [0.1, 0.15) is 5.56 Å². The molecule has 0 radical (unpaired) electrons. The van der Waals surface area contributed by atoms with Crippen molar-refractivity contribution in [1.82, 2.24) is 19.7 Å². The van der Waals surface area contributed by atoms with Crippen LogP contribution in [0.4, 0.5) is 5.69 Å². The average Bonchev–Trinajstić information content (AvgIpc) is 3.42. The fourth-order valence-corrected chi connectivity index (χ4v) is 4.70. The number of halogens is 1. The Kier molecular flexibility index (Phi) is 5.38. The normalized spacial score (nSPS) is 11.2. The van der Waals surface area contributed by atoms with E-state index in [0.29, 0.717) is 16.6 Å². The van der Waals surface area contributed by atoms with Gasteiger partial charge in [-0.3, -0.25) is 14.7 Å². The van der Waals surface area contributed by atoms with Crippen LogP contribution in [0.5, 0.6) is 0 Å². The molecule has 32 heavy (non-hydrogen) atoms. The summed E-state index contributed by atoms with van der Waals surface area (Å²) in [5.74, 6) is 1.28. The van der Waals surface area contributed by atoms with Crippen LogP contribution >= 0.6 is 23.4 Å². The van der Waals surface area contributed by atoms with Gasteiger partial charge < -0.3 is 4.98 Å². The van der Waals surface area contributed by atoms with E-state index in [1.165, 1.54) is 17.8 Å². The highest BCUT2D eigenvalue weighted by Gasteiger charge is 2.19. The van der Waals surface area contributed by atoms with Gasteiger partial charge in [0.25, 0.3) is 5.69 Å². The fourth-order valence-electron chi connectivity index (χ4n) is 3.54. The second kappa shape index (κ2) is 8.49. The predicted molar refractivity (Wildman–Crippen MR) is 126 cm³/mol. The largest absolute Gasteiger partial charge is 0.361 e. The van der Waals surface area contributed by atoms with Crippen molar-refractivity contribution in [2.45, 2.75) is 10.9 Å². The van der Waals surface area contributed by atoms with Gasteiger partial charge in [0, 0.05) is 40.7 Å². The van der Waals surface area contributed by atoms with Gasteiger partial charge >= 0.3 is 0 Å². The first-order valence-electron chi connectivity index (χ1n) is 9.75. The number of aromatic nitrogens is 4. The SMILES string of the molecule is O=[N+]([O-])c1ccc2c(CSc3nnc(-c4ccccc4Cl)n3-c3ccccc3)c[nH]c2c1. The Morgan fingerprint density at radius 3 is 2.59 bits per heavy atom. The summed E-state index contributed by atoms with van der Waals surface area (Å²) in [5, 5.41) is 22.2. The zero-order valence-electron chi connectivity index (χ0n) is 16.6. The van der Waals surface area contributed by atoms with Crippen LogP contribution < -0.4 is 0 Å². The number of hydrogen-bond acceptors (Lipinski definition) is 5. The van der Waals surface area contributed by atoms with Gasteiger partial charge in [0.15, 0.2) is 11.0 Å². The van der Waals surface area contributed by atoms with E-state index < -0.39 is 4.92 Å². The number of nitrogens with one attached hydrogen (secondary N) is 1. The first kappa shape index (κ1) is 20.3. The molecule has 1 N–H and O–H groups in total. The minimum atomic E-state index is -0.396. The number of thioether (sulfide) groups is 1. The third kappa shape index (κ3) is 3.74. The molecule has 5 aromatic rings. The second-order valence-electron chi connectivity index (χ2n) is 7.05. The van der Waals surface area contributed by atoms with Crippen LogP contribution in [-0.2, 0) is 5.75 Å². The summed E-state index contributed by atoms with van der Waals surface area (Å²) in [6, 6.07) is 22.3. The highest BCUT2D eigenvalue weighted by molar-refractivity contribution is 7.98. The lowest BCUT2D eigenvalue weighted by atomic mass is 10.2. The number of nitro groups is 1. The molecule has 2 heterocycles. The molecular weight excluding hydrogens is 446 g/mol. The van der Waals surface area contributed by atoms with Crippen molar-refractivity contribution in [1.29, 1.82) is 0 Å². The molecule has 0 spiro atoms. The van der Waals surface area contributed by atoms with Crippen molar-refractivity contribution in [2.75, 3.05) is 0 Å². The molecule has 0 aliphatic carbocycles. The highest BCUT2D eigenvalue weighted by Crippen LogP contribution is 2.34. The van der Waals surface area contributed by atoms with E-state index in [1.807, 2.05) is 65.4 Å². The van der Waals surface area contributed by atoms with Gasteiger partial charge in [-0.2, -0.15) is 0 Å². The zero-order valence-corrected chi connectivity index (χ0v) is 18.2. The number of para-hydroxylation sites is 1. The van der Waals surface area contributed by atoms with Gasteiger partial charge in [-0.1, -0.05) is 53.7 Å². The number of nitrogens with zero attached hydrogens (tertiary/aromatic N) is 4. The van der Waals surface area contributed by atoms with Crippen molar-refractivity contribution in [2.24, 2.45) is 0 Å². The fraction of sp³-hybridized carbons (Fsp3) is 0.0435. The topological polar surface area (TPSA) is 89.6 Å². The predicted octanol–water partition coefficient (Wildman–Crippen LogP) is 6.27. The van der Waals surface area contributed by atoms with Crippen molar-refractivity contribution < 1.29 is 4.92 Å². The van der Waals surface area contributed by atoms with Crippen molar-refractivity contribution in [3.8, 4) is 17.1 Å². The van der Waals surface area contributed by atoms with Crippen LogP contribution in [0, 0.1) is 10.1 Å². The molecule has 0 bridgehead atoms. The Balaban J connectivity index is 1.51. The standard InChI is InChI=1S/C23H16ClN5O2S/c24-20-9-5-4-8-19(20)22-26-27-23(28(22)16-6-2-1-3-7-16)32-14-15-13-25-21-12-17(29(30)31)10-11-18(15)21/h1-13,25H,14H2. The molecule has 0 fully saturated rings. The molecule has 0 atom stereocenters. The molecule has 0 amide bonds. The number of aromatic amines is 1. The van der Waals surface area contributed by atoms with E-state index in [1.54, 1.807) is 12.1 Å². The molecular formula is C23H16ClN5O2S. The smallest absolute Gasteiger partial charge is 0.271 e. The van der Waals surface area contributed by atoms with Crippen LogP contribution in [0.3, 0.4) is 0 Å². The zero-order chi connectivity index (χ0) is 22.1. The maximum absolute atomic E-state index is 11.0. The van der Waals surface area contributed by atoms with Crippen molar-refractivity contribution >= 4 is 40.0 Å². The molecule has 0 aliphatic heterocycles. The van der Waals surface area contributed by atoms with Crippen LogP contribution in [-0.4, -0.2) is 24.7 Å². The third-order valence-electron chi connectivity index (χ3n) is 5.08. The van der Waals surface area contributed by atoms with Crippen molar-refractivity contribution in [3.63, 3.8) is 0 Å². The third-order valence-corrected chi connectivity index (χ3v) is 6.39. The van der Waals surface area contributed by atoms with Crippen LogP contribution in [0.2, 0.25) is 5.02 Å². The minimum Gasteiger partial charge on any atom is -0.361 e. The maximum atomic E-state index is 11.0. The van der Waals surface area contributed by atoms with Gasteiger partial charge in [-0.25, -0.2) is 0 Å². The molecule has 0 saturated heterocycles. The van der Waals surface area contributed by atoms with E-state index in [2.05, 4.69) is 15.2 Å². The van der Waals surface area contributed by atoms with E-state index in [0.717, 1.165) is 32.9 Å². The summed E-state index contributed by atoms with van der Waals surface area (Å²) in [5.41, 5.74) is 3.56. The highest BCUT2D eigenvalue weighted by atomic mass is 35.5. The molecule has 5 rings (SSSR count). The number of H-pyrrole nitrogens is 1. The summed E-state index contributed by atoms with van der Waals surface area (Å²) in [6.07, 6.45) is 1.87. The first-order valence-corrected chi connectivity index (χ1v) is 11.1. The van der Waals surface area contributed by atoms with Gasteiger partial charge in [0.1, 0.15) is 0 Å². The minimum absolute atomic E-state index is 0.0618. The monoisotopic (exact) mass is 461 g/mol. The summed E-state index contributed by atoms with van der Waals surface area (Å²) < 4.78 is 1.99. The number of nitro benzene ring substituents is 1. The Morgan fingerprint density at radius 1 is 1.03 bits per heavy atom. The van der Waals surface area contributed by atoms with Gasteiger partial charge in [0.2, 0.25) is 0 Å². The molecule has 0 unspecified atom stereocenters. The number of rotatable bonds is 6. The molecule has 158 valence electrons. The average molecular weight is 462 g/mol. The summed E-state index contributed by atoms with van der Waals surface area (Å²) in [6.45, 7) is 0. The van der Waals surface area contributed by atoms with Gasteiger partial charge in [-0.05, 0) is 35.9 Å². The van der Waals surface area contributed by atoms with Gasteiger partial charge in [-0.15, -0.1) is 10.2 Å². The van der Waals surface area contributed by atoms with E-state index in [4.69, 9.17) is 11.6 Å². The van der Waals surface area contributed by atoms with Crippen LogP contribution in [0.15, 0.2) is 84.1 Å². The van der Waals surface area contributed by atoms with E-state index in [9.17, 15) is 10.1 Å². The molecule has 2 aromatic heterocycles. The number of fused-ring (bicyclic) bond motifs is 1. The lowest BCUT2D eigenvalue weighted by Gasteiger charge is -2.11. The number of benzene rings is 3. The van der Waals surface area contributed by atoms with Crippen molar-refractivity contribution in [3.05, 3.63) is 99.7 Å². The maximum Gasteiger partial charge on any atom is 0.271 e. The van der Waals surface area contributed by atoms with E-state index in [-0.39, 0.29) is 5.69 Å². The number of non-ortho nitro benzene ring substituents is 1. The lowest BCUT2D eigenvalue weighted by molar-refractivity contribution is -0.384.